The number of carbonyl (C=O) groups excluding carboxylic acids is 1. The lowest BCUT2D eigenvalue weighted by molar-refractivity contribution is -0.129. The number of benzene rings is 1. The molecule has 6 heteroatoms. The molecule has 6 nitrogen and oxygen atoms in total. The van der Waals surface area contributed by atoms with Gasteiger partial charge in [0.25, 0.3) is 0 Å². The van der Waals surface area contributed by atoms with Crippen molar-refractivity contribution in [1.82, 2.24) is 15.5 Å². The highest BCUT2D eigenvalue weighted by molar-refractivity contribution is 5.81. The first-order chi connectivity index (χ1) is 9.77. The van der Waals surface area contributed by atoms with Gasteiger partial charge in [-0.25, -0.2) is 0 Å². The molecule has 2 aromatic rings. The van der Waals surface area contributed by atoms with Crippen molar-refractivity contribution >= 4 is 5.91 Å². The number of phenols is 1. The minimum atomic E-state index is -0.484. The van der Waals surface area contributed by atoms with E-state index in [-0.39, 0.29) is 17.7 Å². The number of rotatable bonds is 3. The third-order valence-corrected chi connectivity index (χ3v) is 2.95. The monoisotopic (exact) mass is 289 g/mol. The summed E-state index contributed by atoms with van der Waals surface area (Å²) in [6.07, 6.45) is 0. The first-order valence-corrected chi connectivity index (χ1v) is 6.71. The van der Waals surface area contributed by atoms with E-state index in [4.69, 9.17) is 4.52 Å². The van der Waals surface area contributed by atoms with Gasteiger partial charge in [0.05, 0.1) is 0 Å². The van der Waals surface area contributed by atoms with Crippen molar-refractivity contribution in [3.05, 3.63) is 30.2 Å². The summed E-state index contributed by atoms with van der Waals surface area (Å²) in [7, 11) is 0. The Kier molecular flexibility index (Phi) is 3.97. The molecule has 1 unspecified atom stereocenters. The van der Waals surface area contributed by atoms with Gasteiger partial charge in [-0.05, 0) is 19.1 Å². The van der Waals surface area contributed by atoms with E-state index in [1.807, 2.05) is 20.8 Å². The molecule has 1 aromatic heterocycles. The molecule has 112 valence electrons. The van der Waals surface area contributed by atoms with Crippen LogP contribution in [0.25, 0.3) is 11.4 Å². The van der Waals surface area contributed by atoms with Crippen molar-refractivity contribution in [3.63, 3.8) is 0 Å². The number of hydrogen-bond acceptors (Lipinski definition) is 5. The van der Waals surface area contributed by atoms with E-state index in [9.17, 15) is 9.90 Å². The van der Waals surface area contributed by atoms with E-state index in [1.165, 1.54) is 0 Å². The number of nitrogens with one attached hydrogen (secondary N) is 1. The second-order valence-corrected chi connectivity index (χ2v) is 5.95. The lowest BCUT2D eigenvalue weighted by Gasteiger charge is -2.19. The van der Waals surface area contributed by atoms with Gasteiger partial charge in [-0.2, -0.15) is 4.98 Å². The van der Waals surface area contributed by atoms with Crippen LogP contribution in [0.15, 0.2) is 28.8 Å². The number of hydrogen-bond donors (Lipinski definition) is 2. The predicted octanol–water partition coefficient (Wildman–Crippen LogP) is 2.67. The smallest absolute Gasteiger partial charge is 0.249 e. The van der Waals surface area contributed by atoms with Crippen LogP contribution in [0.3, 0.4) is 0 Å². The summed E-state index contributed by atoms with van der Waals surface area (Å²) >= 11 is 0. The molecular weight excluding hydrogens is 270 g/mol. The van der Waals surface area contributed by atoms with Crippen LogP contribution in [0.2, 0.25) is 0 Å². The van der Waals surface area contributed by atoms with Gasteiger partial charge in [-0.3, -0.25) is 4.79 Å². The Morgan fingerprint density at radius 1 is 1.38 bits per heavy atom. The quantitative estimate of drug-likeness (QED) is 0.907. The van der Waals surface area contributed by atoms with Gasteiger partial charge < -0.3 is 14.9 Å². The largest absolute Gasteiger partial charge is 0.508 e. The first-order valence-electron chi connectivity index (χ1n) is 6.71. The summed E-state index contributed by atoms with van der Waals surface area (Å²) in [6, 6.07) is 6.21. The van der Waals surface area contributed by atoms with Crippen molar-refractivity contribution < 1.29 is 14.4 Å². The van der Waals surface area contributed by atoms with E-state index in [0.717, 1.165) is 0 Å². The average Bonchev–Trinajstić information content (AvgIpc) is 2.87. The average molecular weight is 289 g/mol. The van der Waals surface area contributed by atoms with Crippen molar-refractivity contribution in [1.29, 1.82) is 0 Å². The number of aromatic nitrogens is 2. The highest BCUT2D eigenvalue weighted by Gasteiger charge is 2.25. The molecule has 0 saturated carbocycles. The summed E-state index contributed by atoms with van der Waals surface area (Å²) in [5.74, 6) is 0.740. The van der Waals surface area contributed by atoms with E-state index in [2.05, 4.69) is 15.5 Å². The number of amides is 1. The second-order valence-electron chi connectivity index (χ2n) is 5.95. The summed E-state index contributed by atoms with van der Waals surface area (Å²) < 4.78 is 5.18. The van der Waals surface area contributed by atoms with Crippen LogP contribution >= 0.6 is 0 Å². The summed E-state index contributed by atoms with van der Waals surface area (Å²) in [4.78, 5) is 16.2. The van der Waals surface area contributed by atoms with Crippen molar-refractivity contribution in [2.24, 2.45) is 5.41 Å². The third kappa shape index (κ3) is 3.59. The predicted molar refractivity (Wildman–Crippen MR) is 77.4 cm³/mol. The molecule has 1 heterocycles. The van der Waals surface area contributed by atoms with Crippen LogP contribution in [-0.4, -0.2) is 21.2 Å². The Labute approximate surface area is 123 Å². The maximum Gasteiger partial charge on any atom is 0.249 e. The zero-order chi connectivity index (χ0) is 15.6. The van der Waals surface area contributed by atoms with Crippen LogP contribution < -0.4 is 5.32 Å². The summed E-state index contributed by atoms with van der Waals surface area (Å²) in [5, 5.41) is 16.2. The molecular formula is C15H19N3O3. The Morgan fingerprint density at radius 3 is 2.71 bits per heavy atom. The van der Waals surface area contributed by atoms with Crippen LogP contribution in [0.1, 0.15) is 39.6 Å². The standard InChI is InChI=1S/C15H19N3O3/c1-9(16-14(20)15(2,3)4)13-17-12(18-21-13)10-6-5-7-11(19)8-10/h5-9,19H,1-4H3,(H,16,20). The van der Waals surface area contributed by atoms with Gasteiger partial charge in [0.2, 0.25) is 17.6 Å². The normalized spacial score (nSPS) is 13.0. The van der Waals surface area contributed by atoms with Crippen molar-refractivity contribution in [2.45, 2.75) is 33.7 Å². The third-order valence-electron chi connectivity index (χ3n) is 2.95. The van der Waals surface area contributed by atoms with E-state index in [0.29, 0.717) is 17.3 Å². The SMILES string of the molecule is CC(NC(=O)C(C)(C)C)c1nc(-c2cccc(O)c2)no1. The minimum Gasteiger partial charge on any atom is -0.508 e. The maximum atomic E-state index is 11.9. The van der Waals surface area contributed by atoms with Gasteiger partial charge in [-0.1, -0.05) is 38.1 Å². The molecule has 1 aromatic carbocycles. The van der Waals surface area contributed by atoms with Crippen LogP contribution in [-0.2, 0) is 4.79 Å². The first kappa shape index (κ1) is 15.0. The molecule has 0 radical (unpaired) electrons. The van der Waals surface area contributed by atoms with Gasteiger partial charge in [-0.15, -0.1) is 0 Å². The Balaban J connectivity index is 2.14. The van der Waals surface area contributed by atoms with E-state index in [1.54, 1.807) is 31.2 Å². The summed E-state index contributed by atoms with van der Waals surface area (Å²) in [6.45, 7) is 7.28. The second kappa shape index (κ2) is 5.55. The molecule has 0 fully saturated rings. The highest BCUT2D eigenvalue weighted by Crippen LogP contribution is 2.22. The fraction of sp³-hybridized carbons (Fsp3) is 0.400. The highest BCUT2D eigenvalue weighted by atomic mass is 16.5. The fourth-order valence-corrected chi connectivity index (χ4v) is 1.65. The number of nitrogens with zero attached hydrogens (tertiary/aromatic N) is 2. The van der Waals surface area contributed by atoms with Crippen LogP contribution in [0, 0.1) is 5.41 Å². The van der Waals surface area contributed by atoms with Gasteiger partial charge in [0.1, 0.15) is 11.8 Å². The van der Waals surface area contributed by atoms with Crippen molar-refractivity contribution in [3.8, 4) is 17.1 Å². The number of phenolic OH excluding ortho intramolecular Hbond substituents is 1. The molecule has 0 spiro atoms. The molecule has 21 heavy (non-hydrogen) atoms. The molecule has 0 aliphatic carbocycles. The number of aromatic hydroxyl groups is 1. The Bertz CT molecular complexity index is 644. The van der Waals surface area contributed by atoms with Crippen LogP contribution in [0.4, 0.5) is 0 Å². The molecule has 0 saturated heterocycles. The Morgan fingerprint density at radius 2 is 2.10 bits per heavy atom. The maximum absolute atomic E-state index is 11.9. The molecule has 1 atom stereocenters. The zero-order valence-electron chi connectivity index (χ0n) is 12.5. The van der Waals surface area contributed by atoms with Gasteiger partial charge >= 0.3 is 0 Å². The lowest BCUT2D eigenvalue weighted by atomic mass is 9.95. The summed E-state index contributed by atoms with van der Waals surface area (Å²) in [5.41, 5.74) is 0.168. The molecule has 0 aliphatic rings. The van der Waals surface area contributed by atoms with Gasteiger partial charge in [0, 0.05) is 11.0 Å². The molecule has 0 aliphatic heterocycles. The number of carbonyl (C=O) groups is 1. The fourth-order valence-electron chi connectivity index (χ4n) is 1.65. The molecule has 2 rings (SSSR count). The van der Waals surface area contributed by atoms with E-state index >= 15 is 0 Å². The molecule has 1 amide bonds. The zero-order valence-corrected chi connectivity index (χ0v) is 12.5. The topological polar surface area (TPSA) is 88.2 Å². The van der Waals surface area contributed by atoms with Crippen molar-refractivity contribution in [2.75, 3.05) is 0 Å². The Hall–Kier alpha value is -2.37. The molecule has 2 N–H and O–H groups in total. The molecule has 0 bridgehead atoms. The van der Waals surface area contributed by atoms with Gasteiger partial charge in [0.15, 0.2) is 0 Å². The van der Waals surface area contributed by atoms with E-state index < -0.39 is 5.41 Å². The van der Waals surface area contributed by atoms with Crippen LogP contribution in [0.5, 0.6) is 5.75 Å². The lowest BCUT2D eigenvalue weighted by Crippen LogP contribution is -2.36. The minimum absolute atomic E-state index is 0.0906.